The predicted octanol–water partition coefficient (Wildman–Crippen LogP) is 2.98. The monoisotopic (exact) mass is 224 g/mol. The maximum atomic E-state index is 4.55. The SMILES string of the molecule is CCc1nc(CNC(C)CC2CC2)cs1. The fourth-order valence-electron chi connectivity index (χ4n) is 1.81. The van der Waals surface area contributed by atoms with E-state index in [4.69, 9.17) is 0 Å². The zero-order valence-electron chi connectivity index (χ0n) is 9.62. The highest BCUT2D eigenvalue weighted by Gasteiger charge is 2.23. The number of thiazole rings is 1. The summed E-state index contributed by atoms with van der Waals surface area (Å²) in [6.07, 6.45) is 5.29. The second-order valence-corrected chi connectivity index (χ2v) is 5.49. The molecule has 0 aromatic carbocycles. The summed E-state index contributed by atoms with van der Waals surface area (Å²) in [6.45, 7) is 5.38. The summed E-state index contributed by atoms with van der Waals surface area (Å²) in [6, 6.07) is 0.643. The second-order valence-electron chi connectivity index (χ2n) is 4.55. The predicted molar refractivity (Wildman–Crippen MR) is 65.1 cm³/mol. The lowest BCUT2D eigenvalue weighted by Gasteiger charge is -2.11. The van der Waals surface area contributed by atoms with Gasteiger partial charge >= 0.3 is 0 Å². The van der Waals surface area contributed by atoms with Gasteiger partial charge in [-0.3, -0.25) is 0 Å². The number of rotatable bonds is 6. The number of nitrogens with one attached hydrogen (secondary N) is 1. The molecule has 1 aliphatic rings. The third-order valence-electron chi connectivity index (χ3n) is 2.92. The van der Waals surface area contributed by atoms with Gasteiger partial charge in [0.15, 0.2) is 0 Å². The van der Waals surface area contributed by atoms with Gasteiger partial charge in [0.05, 0.1) is 10.7 Å². The van der Waals surface area contributed by atoms with E-state index in [-0.39, 0.29) is 0 Å². The molecule has 1 aromatic heterocycles. The molecule has 2 rings (SSSR count). The van der Waals surface area contributed by atoms with E-state index in [1.807, 2.05) is 0 Å². The van der Waals surface area contributed by atoms with Crippen molar-refractivity contribution in [2.75, 3.05) is 0 Å². The van der Waals surface area contributed by atoms with Crippen molar-refractivity contribution < 1.29 is 0 Å². The van der Waals surface area contributed by atoms with E-state index in [1.165, 1.54) is 30.0 Å². The van der Waals surface area contributed by atoms with Crippen molar-refractivity contribution >= 4 is 11.3 Å². The summed E-state index contributed by atoms with van der Waals surface area (Å²) < 4.78 is 0. The first-order valence-electron chi connectivity index (χ1n) is 5.94. The Kier molecular flexibility index (Phi) is 3.76. The number of aromatic nitrogens is 1. The number of nitrogens with zero attached hydrogens (tertiary/aromatic N) is 1. The minimum atomic E-state index is 0.643. The van der Waals surface area contributed by atoms with Crippen LogP contribution >= 0.6 is 11.3 Å². The van der Waals surface area contributed by atoms with Crippen LogP contribution in [0.3, 0.4) is 0 Å². The Morgan fingerprint density at radius 3 is 3.00 bits per heavy atom. The third-order valence-corrected chi connectivity index (χ3v) is 3.96. The molecule has 0 spiro atoms. The average Bonchev–Trinajstić information content (AvgIpc) is 2.92. The molecule has 0 saturated heterocycles. The van der Waals surface area contributed by atoms with Gasteiger partial charge in [-0.2, -0.15) is 0 Å². The van der Waals surface area contributed by atoms with Crippen molar-refractivity contribution in [3.05, 3.63) is 16.1 Å². The van der Waals surface area contributed by atoms with Gasteiger partial charge < -0.3 is 5.32 Å². The quantitative estimate of drug-likeness (QED) is 0.803. The maximum Gasteiger partial charge on any atom is 0.0926 e. The van der Waals surface area contributed by atoms with E-state index >= 15 is 0 Å². The van der Waals surface area contributed by atoms with Gasteiger partial charge in [0, 0.05) is 18.0 Å². The minimum Gasteiger partial charge on any atom is -0.309 e. The molecule has 1 aliphatic carbocycles. The van der Waals surface area contributed by atoms with Crippen LogP contribution in [0.4, 0.5) is 0 Å². The molecule has 1 heterocycles. The van der Waals surface area contributed by atoms with Gasteiger partial charge in [0.1, 0.15) is 0 Å². The van der Waals surface area contributed by atoms with Crippen molar-refractivity contribution in [2.45, 2.75) is 52.1 Å². The Morgan fingerprint density at radius 2 is 2.40 bits per heavy atom. The van der Waals surface area contributed by atoms with Crippen LogP contribution < -0.4 is 5.32 Å². The molecule has 0 bridgehead atoms. The van der Waals surface area contributed by atoms with Crippen LogP contribution in [0.5, 0.6) is 0 Å². The third kappa shape index (κ3) is 3.58. The molecule has 0 aliphatic heterocycles. The highest BCUT2D eigenvalue weighted by Crippen LogP contribution is 2.33. The van der Waals surface area contributed by atoms with Gasteiger partial charge in [0.2, 0.25) is 0 Å². The highest BCUT2D eigenvalue weighted by atomic mass is 32.1. The summed E-state index contributed by atoms with van der Waals surface area (Å²) in [4.78, 5) is 4.55. The first-order chi connectivity index (χ1) is 7.28. The van der Waals surface area contributed by atoms with E-state index in [2.05, 4.69) is 29.5 Å². The fourth-order valence-corrected chi connectivity index (χ4v) is 2.55. The Hall–Kier alpha value is -0.410. The Balaban J connectivity index is 1.71. The van der Waals surface area contributed by atoms with Crippen molar-refractivity contribution in [3.63, 3.8) is 0 Å². The molecule has 1 aromatic rings. The average molecular weight is 224 g/mol. The summed E-state index contributed by atoms with van der Waals surface area (Å²) in [7, 11) is 0. The van der Waals surface area contributed by atoms with Gasteiger partial charge in [-0.15, -0.1) is 11.3 Å². The summed E-state index contributed by atoms with van der Waals surface area (Å²) in [5.74, 6) is 1.01. The lowest BCUT2D eigenvalue weighted by Crippen LogP contribution is -2.26. The highest BCUT2D eigenvalue weighted by molar-refractivity contribution is 7.09. The number of hydrogen-bond acceptors (Lipinski definition) is 3. The lowest BCUT2D eigenvalue weighted by atomic mass is 10.1. The summed E-state index contributed by atoms with van der Waals surface area (Å²) in [5, 5.41) is 6.98. The van der Waals surface area contributed by atoms with Crippen LogP contribution in [0, 0.1) is 5.92 Å². The molecule has 0 radical (unpaired) electrons. The van der Waals surface area contributed by atoms with E-state index < -0.39 is 0 Å². The zero-order valence-corrected chi connectivity index (χ0v) is 10.4. The molecule has 3 heteroatoms. The first-order valence-corrected chi connectivity index (χ1v) is 6.82. The molecule has 2 nitrogen and oxygen atoms in total. The van der Waals surface area contributed by atoms with Gasteiger partial charge in [-0.1, -0.05) is 19.8 Å². The van der Waals surface area contributed by atoms with E-state index in [0.717, 1.165) is 18.9 Å². The van der Waals surface area contributed by atoms with Crippen LogP contribution in [0.2, 0.25) is 0 Å². The van der Waals surface area contributed by atoms with E-state index in [1.54, 1.807) is 11.3 Å². The summed E-state index contributed by atoms with van der Waals surface area (Å²) in [5.41, 5.74) is 1.21. The van der Waals surface area contributed by atoms with Gasteiger partial charge in [0.25, 0.3) is 0 Å². The van der Waals surface area contributed by atoms with E-state index in [0.29, 0.717) is 6.04 Å². The first kappa shape index (κ1) is 11.1. The molecule has 1 N–H and O–H groups in total. The molecule has 1 atom stereocenters. The molecule has 1 fully saturated rings. The largest absolute Gasteiger partial charge is 0.309 e. The molecule has 84 valence electrons. The molecular weight excluding hydrogens is 204 g/mol. The maximum absolute atomic E-state index is 4.55. The van der Waals surface area contributed by atoms with Gasteiger partial charge in [-0.25, -0.2) is 4.98 Å². The van der Waals surface area contributed by atoms with Crippen molar-refractivity contribution in [1.29, 1.82) is 0 Å². The Bertz CT molecular complexity index is 304. The molecule has 1 saturated carbocycles. The Morgan fingerprint density at radius 1 is 1.60 bits per heavy atom. The smallest absolute Gasteiger partial charge is 0.0926 e. The normalized spacial score (nSPS) is 18.0. The summed E-state index contributed by atoms with van der Waals surface area (Å²) >= 11 is 1.78. The standard InChI is InChI=1S/C12H20N2S/c1-3-12-14-11(8-15-12)7-13-9(2)6-10-4-5-10/h8-10,13H,3-7H2,1-2H3. The topological polar surface area (TPSA) is 24.9 Å². The van der Waals surface area contributed by atoms with Crippen LogP contribution in [-0.4, -0.2) is 11.0 Å². The lowest BCUT2D eigenvalue weighted by molar-refractivity contribution is 0.484. The second kappa shape index (κ2) is 5.08. The van der Waals surface area contributed by atoms with E-state index in [9.17, 15) is 0 Å². The van der Waals surface area contributed by atoms with Crippen molar-refractivity contribution in [1.82, 2.24) is 10.3 Å². The molecular formula is C12H20N2S. The van der Waals surface area contributed by atoms with Crippen LogP contribution in [0.1, 0.15) is 43.8 Å². The number of aryl methyl sites for hydroxylation is 1. The number of hydrogen-bond donors (Lipinski definition) is 1. The fraction of sp³-hybridized carbons (Fsp3) is 0.750. The van der Waals surface area contributed by atoms with Crippen molar-refractivity contribution in [3.8, 4) is 0 Å². The molecule has 15 heavy (non-hydrogen) atoms. The van der Waals surface area contributed by atoms with Crippen LogP contribution in [-0.2, 0) is 13.0 Å². The Labute approximate surface area is 96.1 Å². The van der Waals surface area contributed by atoms with Crippen molar-refractivity contribution in [2.24, 2.45) is 5.92 Å². The zero-order chi connectivity index (χ0) is 10.7. The minimum absolute atomic E-state index is 0.643. The van der Waals surface area contributed by atoms with Gasteiger partial charge in [-0.05, 0) is 25.7 Å². The van der Waals surface area contributed by atoms with Crippen LogP contribution in [0.25, 0.3) is 0 Å². The molecule has 1 unspecified atom stereocenters. The van der Waals surface area contributed by atoms with Crippen LogP contribution in [0.15, 0.2) is 5.38 Å². The molecule has 0 amide bonds.